The summed E-state index contributed by atoms with van der Waals surface area (Å²) in [6.45, 7) is 0. The van der Waals surface area contributed by atoms with Crippen molar-refractivity contribution in [3.63, 3.8) is 0 Å². The molecule has 11 aromatic rings. The van der Waals surface area contributed by atoms with Crippen LogP contribution in [0.1, 0.15) is 22.3 Å². The lowest BCUT2D eigenvalue weighted by Gasteiger charge is -2.35. The first-order chi connectivity index (χ1) is 30.7. The van der Waals surface area contributed by atoms with Crippen molar-refractivity contribution in [2.75, 3.05) is 0 Å². The molecule has 12 rings (SSSR count). The first-order valence-electron chi connectivity index (χ1n) is 21.1. The average molecular weight is 791 g/mol. The summed E-state index contributed by atoms with van der Waals surface area (Å²) in [7, 11) is 0. The summed E-state index contributed by atoms with van der Waals surface area (Å²) in [6, 6.07) is 82.2. The average Bonchev–Trinajstić information content (AvgIpc) is 3.88. The van der Waals surface area contributed by atoms with Crippen LogP contribution in [0.4, 0.5) is 0 Å². The Morgan fingerprint density at radius 2 is 0.855 bits per heavy atom. The highest BCUT2D eigenvalue weighted by atomic mass is 16.3. The van der Waals surface area contributed by atoms with Crippen molar-refractivity contribution < 1.29 is 4.42 Å². The molecule has 0 atom stereocenters. The Morgan fingerprint density at radius 3 is 1.60 bits per heavy atom. The fourth-order valence-electron chi connectivity index (χ4n) is 9.86. The van der Waals surface area contributed by atoms with Crippen LogP contribution in [0.15, 0.2) is 235 Å². The third-order valence-electron chi connectivity index (χ3n) is 12.6. The highest BCUT2D eigenvalue weighted by molar-refractivity contribution is 6.06. The minimum Gasteiger partial charge on any atom is -0.456 e. The van der Waals surface area contributed by atoms with E-state index in [0.717, 1.165) is 72.3 Å². The number of aromatic nitrogens is 2. The predicted octanol–water partition coefficient (Wildman–Crippen LogP) is 15.1. The van der Waals surface area contributed by atoms with Gasteiger partial charge in [0.25, 0.3) is 0 Å². The maximum Gasteiger partial charge on any atom is 0.160 e. The van der Waals surface area contributed by atoms with Crippen LogP contribution in [-0.4, -0.2) is 9.97 Å². The summed E-state index contributed by atoms with van der Waals surface area (Å²) >= 11 is 0. The van der Waals surface area contributed by atoms with Crippen LogP contribution in [0, 0.1) is 0 Å². The Morgan fingerprint density at radius 1 is 0.323 bits per heavy atom. The standard InChI is InChI=1S/C59H38N2O/c1-4-17-41(18-5-1)58-60-53(47-25-11-10-23-45(47)40-33-31-39(32-34-40)42-35-36-56-51(37-42)48-26-13-15-30-55(48)62-56)38-54(61-58)50-28-16-27-49-46-24-12-14-29-52(46)59(57(49)50,43-19-6-2-7-20-43)44-21-8-3-9-22-44/h1-38H. The van der Waals surface area contributed by atoms with Gasteiger partial charge >= 0.3 is 0 Å². The number of furan rings is 1. The van der Waals surface area contributed by atoms with Gasteiger partial charge in [-0.2, -0.15) is 0 Å². The van der Waals surface area contributed by atoms with Crippen LogP contribution >= 0.6 is 0 Å². The molecular formula is C59H38N2O. The molecular weight excluding hydrogens is 753 g/mol. The normalized spacial score (nSPS) is 12.6. The zero-order chi connectivity index (χ0) is 41.0. The number of hydrogen-bond donors (Lipinski definition) is 0. The van der Waals surface area contributed by atoms with Gasteiger partial charge in [-0.25, -0.2) is 9.97 Å². The highest BCUT2D eigenvalue weighted by Gasteiger charge is 2.47. The quantitative estimate of drug-likeness (QED) is 0.161. The van der Waals surface area contributed by atoms with E-state index in [2.05, 4.69) is 212 Å². The van der Waals surface area contributed by atoms with Gasteiger partial charge in [-0.15, -0.1) is 0 Å². The molecule has 0 unspecified atom stereocenters. The van der Waals surface area contributed by atoms with Gasteiger partial charge in [-0.05, 0) is 79.9 Å². The van der Waals surface area contributed by atoms with Gasteiger partial charge in [0, 0.05) is 27.5 Å². The van der Waals surface area contributed by atoms with E-state index in [1.54, 1.807) is 0 Å². The second-order valence-electron chi connectivity index (χ2n) is 16.0. The summed E-state index contributed by atoms with van der Waals surface area (Å²) in [5, 5.41) is 2.25. The molecule has 0 amide bonds. The third-order valence-corrected chi connectivity index (χ3v) is 12.6. The van der Waals surface area contributed by atoms with E-state index >= 15 is 0 Å². The van der Waals surface area contributed by atoms with E-state index in [-0.39, 0.29) is 0 Å². The van der Waals surface area contributed by atoms with E-state index in [4.69, 9.17) is 14.4 Å². The van der Waals surface area contributed by atoms with Crippen LogP contribution in [0.5, 0.6) is 0 Å². The number of nitrogens with zero attached hydrogens (tertiary/aromatic N) is 2. The number of benzene rings is 9. The second-order valence-corrected chi connectivity index (χ2v) is 16.0. The lowest BCUT2D eigenvalue weighted by atomic mass is 9.66. The number of hydrogen-bond acceptors (Lipinski definition) is 3. The zero-order valence-electron chi connectivity index (χ0n) is 33.7. The Kier molecular flexibility index (Phi) is 8.39. The summed E-state index contributed by atoms with van der Waals surface area (Å²) in [4.78, 5) is 10.8. The topological polar surface area (TPSA) is 38.9 Å². The molecule has 0 bridgehead atoms. The van der Waals surface area contributed by atoms with Crippen LogP contribution in [0.3, 0.4) is 0 Å². The molecule has 9 aromatic carbocycles. The van der Waals surface area contributed by atoms with Crippen LogP contribution in [0.2, 0.25) is 0 Å². The van der Waals surface area contributed by atoms with Gasteiger partial charge in [-0.1, -0.05) is 206 Å². The Balaban J connectivity index is 1.04. The van der Waals surface area contributed by atoms with Gasteiger partial charge in [0.1, 0.15) is 11.2 Å². The van der Waals surface area contributed by atoms with E-state index in [0.29, 0.717) is 5.82 Å². The van der Waals surface area contributed by atoms with Crippen molar-refractivity contribution in [2.45, 2.75) is 5.41 Å². The molecule has 1 aliphatic rings. The molecule has 0 spiro atoms. The second kappa shape index (κ2) is 14.5. The molecule has 3 heteroatoms. The molecule has 0 aliphatic heterocycles. The van der Waals surface area contributed by atoms with Gasteiger partial charge in [0.2, 0.25) is 0 Å². The Bertz CT molecular complexity index is 3400. The van der Waals surface area contributed by atoms with Crippen molar-refractivity contribution in [3.05, 3.63) is 253 Å². The van der Waals surface area contributed by atoms with E-state index in [1.807, 2.05) is 18.2 Å². The van der Waals surface area contributed by atoms with Crippen LogP contribution in [0.25, 0.3) is 89.2 Å². The van der Waals surface area contributed by atoms with Crippen molar-refractivity contribution in [3.8, 4) is 67.3 Å². The Labute approximate surface area is 360 Å². The maximum atomic E-state index is 6.13. The van der Waals surface area contributed by atoms with Crippen molar-refractivity contribution in [2.24, 2.45) is 0 Å². The number of para-hydroxylation sites is 1. The predicted molar refractivity (Wildman–Crippen MR) is 254 cm³/mol. The molecule has 0 saturated heterocycles. The molecule has 3 nitrogen and oxygen atoms in total. The van der Waals surface area contributed by atoms with Gasteiger partial charge in [0.05, 0.1) is 16.8 Å². The summed E-state index contributed by atoms with van der Waals surface area (Å²) in [5.41, 5.74) is 17.9. The highest BCUT2D eigenvalue weighted by Crippen LogP contribution is 2.58. The largest absolute Gasteiger partial charge is 0.456 e. The summed E-state index contributed by atoms with van der Waals surface area (Å²) < 4.78 is 6.13. The summed E-state index contributed by atoms with van der Waals surface area (Å²) in [6.07, 6.45) is 0. The Hall–Kier alpha value is -8.14. The van der Waals surface area contributed by atoms with E-state index < -0.39 is 5.41 Å². The lowest BCUT2D eigenvalue weighted by Crippen LogP contribution is -2.29. The smallest absolute Gasteiger partial charge is 0.160 e. The number of fused-ring (bicyclic) bond motifs is 6. The molecule has 0 saturated carbocycles. The fourth-order valence-corrected chi connectivity index (χ4v) is 9.86. The zero-order valence-corrected chi connectivity index (χ0v) is 33.7. The first-order valence-corrected chi connectivity index (χ1v) is 21.1. The van der Waals surface area contributed by atoms with E-state index in [1.165, 1.54) is 33.4 Å². The van der Waals surface area contributed by atoms with Crippen molar-refractivity contribution >= 4 is 21.9 Å². The van der Waals surface area contributed by atoms with Crippen LogP contribution < -0.4 is 0 Å². The summed E-state index contributed by atoms with van der Waals surface area (Å²) in [5.74, 6) is 0.684. The molecule has 2 aromatic heterocycles. The monoisotopic (exact) mass is 790 g/mol. The van der Waals surface area contributed by atoms with E-state index in [9.17, 15) is 0 Å². The first kappa shape index (κ1) is 35.8. The number of rotatable bonds is 7. The van der Waals surface area contributed by atoms with Gasteiger partial charge < -0.3 is 4.42 Å². The fraction of sp³-hybridized carbons (Fsp3) is 0.0169. The minimum atomic E-state index is -0.585. The molecule has 0 fully saturated rings. The molecule has 290 valence electrons. The molecule has 2 heterocycles. The molecule has 0 radical (unpaired) electrons. The maximum absolute atomic E-state index is 6.13. The van der Waals surface area contributed by atoms with Crippen molar-refractivity contribution in [1.29, 1.82) is 0 Å². The molecule has 62 heavy (non-hydrogen) atoms. The SMILES string of the molecule is c1ccc(-c2nc(-c3ccccc3-c3ccc(-c4ccc5oc6ccccc6c5c4)cc3)cc(-c3cccc4c3C(c3ccccc3)(c3ccccc3)c3ccccc3-4)n2)cc1. The third kappa shape index (κ3) is 5.67. The molecule has 1 aliphatic carbocycles. The minimum absolute atomic E-state index is 0.585. The molecule has 0 N–H and O–H groups in total. The van der Waals surface area contributed by atoms with Crippen LogP contribution in [-0.2, 0) is 5.41 Å². The van der Waals surface area contributed by atoms with Gasteiger partial charge in [-0.3, -0.25) is 0 Å². The van der Waals surface area contributed by atoms with Crippen molar-refractivity contribution in [1.82, 2.24) is 9.97 Å². The lowest BCUT2D eigenvalue weighted by molar-refractivity contribution is 0.669. The van der Waals surface area contributed by atoms with Gasteiger partial charge in [0.15, 0.2) is 5.82 Å².